The summed E-state index contributed by atoms with van der Waals surface area (Å²) in [5.74, 6) is 0. The van der Waals surface area contributed by atoms with Gasteiger partial charge in [-0.05, 0) is 26.2 Å². The molecule has 16 heavy (non-hydrogen) atoms. The highest BCUT2D eigenvalue weighted by Crippen LogP contribution is 2.20. The highest BCUT2D eigenvalue weighted by atomic mass is 16.5. The molecule has 3 heteroatoms. The molecule has 0 aromatic carbocycles. The van der Waals surface area contributed by atoms with Crippen LogP contribution in [0.2, 0.25) is 0 Å². The average Bonchev–Trinajstić information content (AvgIpc) is 2.80. The number of hydrogen-bond donors (Lipinski definition) is 0. The molecule has 1 saturated carbocycles. The normalized spacial score (nSPS) is 19.1. The van der Waals surface area contributed by atoms with Crippen LogP contribution >= 0.6 is 0 Å². The molecule has 1 aliphatic rings. The van der Waals surface area contributed by atoms with E-state index < -0.39 is 0 Å². The fourth-order valence-electron chi connectivity index (χ4n) is 1.86. The predicted molar refractivity (Wildman–Crippen MR) is 64.7 cm³/mol. The minimum atomic E-state index is 0.346. The Bertz CT molecular complexity index is 155. The zero-order chi connectivity index (χ0) is 11.6. The highest BCUT2D eigenvalue weighted by molar-refractivity contribution is 4.66. The van der Waals surface area contributed by atoms with Crippen molar-refractivity contribution in [2.75, 3.05) is 26.4 Å². The topological polar surface area (TPSA) is 27.7 Å². The summed E-state index contributed by atoms with van der Waals surface area (Å²) in [4.78, 5) is 0. The van der Waals surface area contributed by atoms with Gasteiger partial charge in [-0.15, -0.1) is 0 Å². The molecule has 0 N–H and O–H groups in total. The molecule has 0 spiro atoms. The van der Waals surface area contributed by atoms with Gasteiger partial charge in [-0.2, -0.15) is 0 Å². The third kappa shape index (κ3) is 6.46. The van der Waals surface area contributed by atoms with Crippen molar-refractivity contribution in [3.05, 3.63) is 0 Å². The summed E-state index contributed by atoms with van der Waals surface area (Å²) in [5, 5.41) is 0. The van der Waals surface area contributed by atoms with Gasteiger partial charge in [0.25, 0.3) is 0 Å². The molecule has 1 rings (SSSR count). The summed E-state index contributed by atoms with van der Waals surface area (Å²) in [7, 11) is 0. The summed E-state index contributed by atoms with van der Waals surface area (Å²) in [6, 6.07) is 0. The smallest absolute Gasteiger partial charge is 0.0704 e. The first-order valence-electron chi connectivity index (χ1n) is 6.64. The monoisotopic (exact) mass is 230 g/mol. The molecule has 1 unspecified atom stereocenters. The number of rotatable bonds is 9. The van der Waals surface area contributed by atoms with Crippen LogP contribution in [-0.4, -0.2) is 38.6 Å². The molecule has 0 heterocycles. The second-order valence-electron chi connectivity index (χ2n) is 4.48. The van der Waals surface area contributed by atoms with Crippen LogP contribution in [0.15, 0.2) is 0 Å². The van der Waals surface area contributed by atoms with Crippen molar-refractivity contribution < 1.29 is 14.2 Å². The lowest BCUT2D eigenvalue weighted by Gasteiger charge is -2.12. The van der Waals surface area contributed by atoms with Crippen LogP contribution in [0.25, 0.3) is 0 Å². The van der Waals surface area contributed by atoms with E-state index in [1.54, 1.807) is 0 Å². The Morgan fingerprint density at radius 3 is 2.44 bits per heavy atom. The number of ether oxygens (including phenoxy) is 3. The van der Waals surface area contributed by atoms with Crippen molar-refractivity contribution in [2.45, 2.75) is 58.2 Å². The van der Waals surface area contributed by atoms with E-state index in [9.17, 15) is 0 Å². The molecule has 0 aromatic heterocycles. The van der Waals surface area contributed by atoms with Gasteiger partial charge >= 0.3 is 0 Å². The summed E-state index contributed by atoms with van der Waals surface area (Å²) < 4.78 is 16.6. The fraction of sp³-hybridized carbons (Fsp3) is 1.00. The van der Waals surface area contributed by atoms with Gasteiger partial charge in [0.15, 0.2) is 0 Å². The van der Waals surface area contributed by atoms with Crippen molar-refractivity contribution >= 4 is 0 Å². The maximum absolute atomic E-state index is 5.69. The van der Waals surface area contributed by atoms with E-state index in [4.69, 9.17) is 14.2 Å². The third-order valence-electron chi connectivity index (χ3n) is 3.09. The van der Waals surface area contributed by atoms with Crippen molar-refractivity contribution in [1.82, 2.24) is 0 Å². The van der Waals surface area contributed by atoms with Gasteiger partial charge in [0.2, 0.25) is 0 Å². The van der Waals surface area contributed by atoms with Crippen LogP contribution in [0.5, 0.6) is 0 Å². The molecular weight excluding hydrogens is 204 g/mol. The molecule has 1 fully saturated rings. The van der Waals surface area contributed by atoms with E-state index in [2.05, 4.69) is 13.8 Å². The SMILES string of the molecule is CCC(C)OCCOCCOC1CCCC1. The summed E-state index contributed by atoms with van der Waals surface area (Å²) in [6.07, 6.45) is 7.03. The number of hydrogen-bond acceptors (Lipinski definition) is 3. The summed E-state index contributed by atoms with van der Waals surface area (Å²) in [6.45, 7) is 7.01. The highest BCUT2D eigenvalue weighted by Gasteiger charge is 2.14. The Morgan fingerprint density at radius 2 is 1.75 bits per heavy atom. The standard InChI is InChI=1S/C13H26O3/c1-3-12(2)15-10-8-14-9-11-16-13-6-4-5-7-13/h12-13H,3-11H2,1-2H3. The minimum absolute atomic E-state index is 0.346. The van der Waals surface area contributed by atoms with E-state index in [0.717, 1.165) is 13.0 Å². The lowest BCUT2D eigenvalue weighted by Crippen LogP contribution is -2.16. The van der Waals surface area contributed by atoms with E-state index in [-0.39, 0.29) is 0 Å². The second-order valence-corrected chi connectivity index (χ2v) is 4.48. The van der Waals surface area contributed by atoms with Gasteiger partial charge < -0.3 is 14.2 Å². The van der Waals surface area contributed by atoms with Crippen LogP contribution in [0.3, 0.4) is 0 Å². The van der Waals surface area contributed by atoms with Crippen molar-refractivity contribution in [3.8, 4) is 0 Å². The van der Waals surface area contributed by atoms with Crippen LogP contribution < -0.4 is 0 Å². The predicted octanol–water partition coefficient (Wildman–Crippen LogP) is 2.78. The van der Waals surface area contributed by atoms with Gasteiger partial charge in [-0.3, -0.25) is 0 Å². The quantitative estimate of drug-likeness (QED) is 0.570. The minimum Gasteiger partial charge on any atom is -0.377 e. The largest absolute Gasteiger partial charge is 0.377 e. The molecule has 1 aliphatic carbocycles. The van der Waals surface area contributed by atoms with E-state index >= 15 is 0 Å². The summed E-state index contributed by atoms with van der Waals surface area (Å²) in [5.41, 5.74) is 0. The third-order valence-corrected chi connectivity index (χ3v) is 3.09. The van der Waals surface area contributed by atoms with Crippen LogP contribution in [0.1, 0.15) is 46.0 Å². The van der Waals surface area contributed by atoms with E-state index in [0.29, 0.717) is 32.0 Å². The molecule has 96 valence electrons. The van der Waals surface area contributed by atoms with Crippen LogP contribution in [-0.2, 0) is 14.2 Å². The lowest BCUT2D eigenvalue weighted by atomic mass is 10.3. The molecule has 0 bridgehead atoms. The first kappa shape index (κ1) is 13.9. The fourth-order valence-corrected chi connectivity index (χ4v) is 1.86. The molecule has 1 atom stereocenters. The molecule has 3 nitrogen and oxygen atoms in total. The van der Waals surface area contributed by atoms with Gasteiger partial charge in [0.1, 0.15) is 0 Å². The zero-order valence-corrected chi connectivity index (χ0v) is 10.7. The molecular formula is C13H26O3. The van der Waals surface area contributed by atoms with Crippen molar-refractivity contribution in [3.63, 3.8) is 0 Å². The van der Waals surface area contributed by atoms with Gasteiger partial charge in [-0.1, -0.05) is 19.8 Å². The Hall–Kier alpha value is -0.120. The van der Waals surface area contributed by atoms with Crippen molar-refractivity contribution in [1.29, 1.82) is 0 Å². The lowest BCUT2D eigenvalue weighted by molar-refractivity contribution is -0.0214. The van der Waals surface area contributed by atoms with Crippen molar-refractivity contribution in [2.24, 2.45) is 0 Å². The maximum Gasteiger partial charge on any atom is 0.0704 e. The average molecular weight is 230 g/mol. The van der Waals surface area contributed by atoms with E-state index in [1.807, 2.05) is 0 Å². The Balaban J connectivity index is 1.77. The molecule has 0 aromatic rings. The Morgan fingerprint density at radius 1 is 1.06 bits per heavy atom. The summed E-state index contributed by atoms with van der Waals surface area (Å²) >= 11 is 0. The maximum atomic E-state index is 5.69. The first-order valence-corrected chi connectivity index (χ1v) is 6.64. The van der Waals surface area contributed by atoms with Gasteiger partial charge in [0, 0.05) is 0 Å². The molecule has 0 aliphatic heterocycles. The van der Waals surface area contributed by atoms with Crippen LogP contribution in [0, 0.1) is 0 Å². The van der Waals surface area contributed by atoms with E-state index in [1.165, 1.54) is 25.7 Å². The molecule has 0 amide bonds. The first-order chi connectivity index (χ1) is 7.83. The Kier molecular flexibility index (Phi) is 7.81. The zero-order valence-electron chi connectivity index (χ0n) is 10.7. The molecule has 0 saturated heterocycles. The molecule has 0 radical (unpaired) electrons. The van der Waals surface area contributed by atoms with Crippen LogP contribution in [0.4, 0.5) is 0 Å². The van der Waals surface area contributed by atoms with Gasteiger partial charge in [0.05, 0.1) is 38.6 Å². The second kappa shape index (κ2) is 8.97. The van der Waals surface area contributed by atoms with Gasteiger partial charge in [-0.25, -0.2) is 0 Å². The Labute approximate surface area is 99.5 Å².